The first-order chi connectivity index (χ1) is 5.29. The van der Waals surface area contributed by atoms with Gasteiger partial charge >= 0.3 is 0 Å². The molecule has 11 heavy (non-hydrogen) atoms. The molecular formula is C8H17N3. The van der Waals surface area contributed by atoms with E-state index in [4.69, 9.17) is 0 Å². The number of H-pyrrole nitrogens is 1. The van der Waals surface area contributed by atoms with Gasteiger partial charge in [0.1, 0.15) is 5.82 Å². The molecule has 0 saturated heterocycles. The Morgan fingerprint density at radius 3 is 2.45 bits per heavy atom. The molecular weight excluding hydrogens is 138 g/mol. The van der Waals surface area contributed by atoms with Crippen LogP contribution in [0.5, 0.6) is 0 Å². The molecule has 3 heteroatoms. The van der Waals surface area contributed by atoms with Gasteiger partial charge in [0.15, 0.2) is 0 Å². The van der Waals surface area contributed by atoms with Crippen LogP contribution in [0.2, 0.25) is 0 Å². The van der Waals surface area contributed by atoms with E-state index >= 15 is 0 Å². The molecule has 0 amide bonds. The van der Waals surface area contributed by atoms with Gasteiger partial charge in [0.25, 0.3) is 0 Å². The second-order valence-electron chi connectivity index (χ2n) is 2.27. The molecule has 2 N–H and O–H groups in total. The lowest BCUT2D eigenvalue weighted by Gasteiger charge is -2.04. The molecule has 0 fully saturated rings. The maximum Gasteiger partial charge on any atom is 0.121 e. The normalized spacial score (nSPS) is 8.82. The average Bonchev–Trinajstić information content (AvgIpc) is 2.43. The Labute approximate surface area is 68.2 Å². The first-order valence-electron chi connectivity index (χ1n) is 4.05. The molecule has 3 nitrogen and oxygen atoms in total. The molecule has 0 radical (unpaired) electrons. The molecule has 1 aromatic rings. The zero-order valence-corrected chi connectivity index (χ0v) is 7.68. The topological polar surface area (TPSA) is 40.7 Å². The lowest BCUT2D eigenvalue weighted by molar-refractivity contribution is 0.884. The Morgan fingerprint density at radius 2 is 2.09 bits per heavy atom. The number of anilines is 1. The predicted molar refractivity (Wildman–Crippen MR) is 48.7 cm³/mol. The van der Waals surface area contributed by atoms with E-state index in [0.29, 0.717) is 6.04 Å². The largest absolute Gasteiger partial charge is 0.368 e. The van der Waals surface area contributed by atoms with Crippen LogP contribution in [0.1, 0.15) is 27.7 Å². The third-order valence-electron chi connectivity index (χ3n) is 0.945. The quantitative estimate of drug-likeness (QED) is 0.687. The molecule has 0 aliphatic heterocycles. The van der Waals surface area contributed by atoms with E-state index < -0.39 is 0 Å². The molecule has 0 atom stereocenters. The fourth-order valence-corrected chi connectivity index (χ4v) is 0.647. The molecule has 0 aliphatic carbocycles. The summed E-state index contributed by atoms with van der Waals surface area (Å²) in [5.74, 6) is 0.977. The van der Waals surface area contributed by atoms with Crippen LogP contribution in [0.3, 0.4) is 0 Å². The minimum Gasteiger partial charge on any atom is -0.368 e. The number of hydrogen-bond acceptors (Lipinski definition) is 2. The maximum atomic E-state index is 3.79. The van der Waals surface area contributed by atoms with E-state index in [-0.39, 0.29) is 0 Å². The van der Waals surface area contributed by atoms with Crippen LogP contribution in [0.4, 0.5) is 5.82 Å². The fourth-order valence-electron chi connectivity index (χ4n) is 0.647. The standard InChI is InChI=1S/C6H11N3.C2H6/c1-5(2)8-6-3-4-7-9-6;1-2/h3-5H,1-2H3,(H2,7,8,9);1-2H3. The summed E-state index contributed by atoms with van der Waals surface area (Å²) in [6, 6.07) is 2.37. The van der Waals surface area contributed by atoms with Crippen LogP contribution in [-0.2, 0) is 0 Å². The van der Waals surface area contributed by atoms with Gasteiger partial charge in [0.2, 0.25) is 0 Å². The fraction of sp³-hybridized carbons (Fsp3) is 0.625. The average molecular weight is 155 g/mol. The van der Waals surface area contributed by atoms with E-state index in [1.54, 1.807) is 6.20 Å². The molecule has 1 heterocycles. The Hall–Kier alpha value is -0.990. The Morgan fingerprint density at radius 1 is 1.45 bits per heavy atom. The third-order valence-corrected chi connectivity index (χ3v) is 0.945. The predicted octanol–water partition coefficient (Wildman–Crippen LogP) is 2.26. The molecule has 1 rings (SSSR count). The van der Waals surface area contributed by atoms with Gasteiger partial charge in [0.05, 0.1) is 6.20 Å². The van der Waals surface area contributed by atoms with Crippen molar-refractivity contribution >= 4 is 5.82 Å². The van der Waals surface area contributed by atoms with E-state index in [1.807, 2.05) is 19.9 Å². The van der Waals surface area contributed by atoms with Crippen LogP contribution < -0.4 is 5.32 Å². The summed E-state index contributed by atoms with van der Waals surface area (Å²) in [6.45, 7) is 8.17. The second-order valence-corrected chi connectivity index (χ2v) is 2.27. The van der Waals surface area contributed by atoms with Crippen molar-refractivity contribution in [2.24, 2.45) is 0 Å². The molecule has 1 aromatic heterocycles. The molecule has 0 saturated carbocycles. The molecule has 0 aliphatic rings. The van der Waals surface area contributed by atoms with Gasteiger partial charge < -0.3 is 5.32 Å². The Bertz CT molecular complexity index is 156. The number of aromatic amines is 1. The van der Waals surface area contributed by atoms with E-state index in [2.05, 4.69) is 29.4 Å². The van der Waals surface area contributed by atoms with E-state index in [0.717, 1.165) is 5.82 Å². The smallest absolute Gasteiger partial charge is 0.121 e. The highest BCUT2D eigenvalue weighted by Gasteiger charge is 1.92. The number of aromatic nitrogens is 2. The van der Waals surface area contributed by atoms with E-state index in [9.17, 15) is 0 Å². The summed E-state index contributed by atoms with van der Waals surface area (Å²) >= 11 is 0. The minimum atomic E-state index is 0.463. The maximum absolute atomic E-state index is 3.79. The third kappa shape index (κ3) is 4.42. The van der Waals surface area contributed by atoms with Crippen molar-refractivity contribution < 1.29 is 0 Å². The zero-order valence-electron chi connectivity index (χ0n) is 7.68. The van der Waals surface area contributed by atoms with Crippen molar-refractivity contribution in [3.63, 3.8) is 0 Å². The van der Waals surface area contributed by atoms with Gasteiger partial charge in [-0.3, -0.25) is 5.10 Å². The molecule has 0 spiro atoms. The highest BCUT2D eigenvalue weighted by Crippen LogP contribution is 1.99. The summed E-state index contributed by atoms with van der Waals surface area (Å²) in [6.07, 6.45) is 1.73. The lowest BCUT2D eigenvalue weighted by atomic mass is 10.4. The highest BCUT2D eigenvalue weighted by atomic mass is 15.2. The van der Waals surface area contributed by atoms with Crippen LogP contribution >= 0.6 is 0 Å². The van der Waals surface area contributed by atoms with Gasteiger partial charge in [-0.25, -0.2) is 0 Å². The molecule has 0 aromatic carbocycles. The van der Waals surface area contributed by atoms with Crippen molar-refractivity contribution in [3.05, 3.63) is 12.3 Å². The lowest BCUT2D eigenvalue weighted by Crippen LogP contribution is -2.09. The van der Waals surface area contributed by atoms with Gasteiger partial charge in [-0.05, 0) is 19.9 Å². The van der Waals surface area contributed by atoms with Crippen LogP contribution in [-0.4, -0.2) is 16.2 Å². The van der Waals surface area contributed by atoms with Crippen LogP contribution in [0, 0.1) is 0 Å². The van der Waals surface area contributed by atoms with Gasteiger partial charge in [-0.1, -0.05) is 13.8 Å². The number of nitrogens with zero attached hydrogens (tertiary/aromatic N) is 1. The SMILES string of the molecule is CC.CC(C)Nc1ccn[nH]1. The zero-order chi connectivity index (χ0) is 8.69. The second kappa shape index (κ2) is 5.77. The van der Waals surface area contributed by atoms with Crippen molar-refractivity contribution in [2.75, 3.05) is 5.32 Å². The van der Waals surface area contributed by atoms with Gasteiger partial charge in [-0.2, -0.15) is 5.10 Å². The summed E-state index contributed by atoms with van der Waals surface area (Å²) in [4.78, 5) is 0. The summed E-state index contributed by atoms with van der Waals surface area (Å²) in [5, 5.41) is 9.76. The summed E-state index contributed by atoms with van der Waals surface area (Å²) < 4.78 is 0. The molecule has 0 bridgehead atoms. The van der Waals surface area contributed by atoms with Gasteiger partial charge in [-0.15, -0.1) is 0 Å². The summed E-state index contributed by atoms with van der Waals surface area (Å²) in [7, 11) is 0. The number of rotatable bonds is 2. The van der Waals surface area contributed by atoms with Crippen molar-refractivity contribution in [2.45, 2.75) is 33.7 Å². The minimum absolute atomic E-state index is 0.463. The molecule has 0 unspecified atom stereocenters. The van der Waals surface area contributed by atoms with Crippen molar-refractivity contribution in [1.82, 2.24) is 10.2 Å². The van der Waals surface area contributed by atoms with Crippen molar-refractivity contribution in [3.8, 4) is 0 Å². The number of hydrogen-bond donors (Lipinski definition) is 2. The van der Waals surface area contributed by atoms with Crippen LogP contribution in [0.25, 0.3) is 0 Å². The first-order valence-corrected chi connectivity index (χ1v) is 4.05. The summed E-state index contributed by atoms with van der Waals surface area (Å²) in [5.41, 5.74) is 0. The first kappa shape index (κ1) is 10.0. The Balaban J connectivity index is 0.000000461. The number of nitrogens with one attached hydrogen (secondary N) is 2. The highest BCUT2D eigenvalue weighted by molar-refractivity contribution is 5.32. The molecule has 64 valence electrons. The van der Waals surface area contributed by atoms with Gasteiger partial charge in [0, 0.05) is 6.04 Å². The van der Waals surface area contributed by atoms with E-state index in [1.165, 1.54) is 0 Å². The van der Waals surface area contributed by atoms with Crippen molar-refractivity contribution in [1.29, 1.82) is 0 Å². The Kier molecular flexibility index (Phi) is 5.25. The monoisotopic (exact) mass is 155 g/mol. The van der Waals surface area contributed by atoms with Crippen LogP contribution in [0.15, 0.2) is 12.3 Å².